The molecule has 0 aliphatic carbocycles. The first-order valence-corrected chi connectivity index (χ1v) is 5.58. The normalized spacial score (nSPS) is 12.4. The Morgan fingerprint density at radius 1 is 1.06 bits per heavy atom. The van der Waals surface area contributed by atoms with Crippen molar-refractivity contribution in [3.63, 3.8) is 0 Å². The van der Waals surface area contributed by atoms with Crippen LogP contribution in [0.2, 0.25) is 0 Å². The monoisotopic (exact) mass is 253 g/mol. The van der Waals surface area contributed by atoms with E-state index in [4.69, 9.17) is 11.6 Å². The summed E-state index contributed by atoms with van der Waals surface area (Å²) in [5, 5.41) is -0.456. The van der Waals surface area contributed by atoms with E-state index in [-0.39, 0.29) is 0 Å². The van der Waals surface area contributed by atoms with Crippen LogP contribution in [0.15, 0.2) is 42.7 Å². The fraction of sp³-hybridized carbons (Fsp3) is 0.154. The molecule has 0 saturated carbocycles. The van der Waals surface area contributed by atoms with Crippen molar-refractivity contribution in [2.75, 3.05) is 0 Å². The fourth-order valence-electron chi connectivity index (χ4n) is 1.60. The van der Waals surface area contributed by atoms with E-state index in [2.05, 4.69) is 4.98 Å². The average molecular weight is 254 g/mol. The standard InChI is InChI=1S/C13H10ClF2N/c14-13(5-9-1-3-17-4-2-9)10-6-11(15)8-12(16)7-10/h1-4,6-8,13H,5H2. The van der Waals surface area contributed by atoms with Gasteiger partial charge in [0.1, 0.15) is 11.6 Å². The summed E-state index contributed by atoms with van der Waals surface area (Å²) < 4.78 is 26.0. The molecule has 0 fully saturated rings. The van der Waals surface area contributed by atoms with E-state index in [1.165, 1.54) is 12.1 Å². The Hall–Kier alpha value is -1.48. The van der Waals surface area contributed by atoms with Gasteiger partial charge in [-0.3, -0.25) is 4.98 Å². The number of hydrogen-bond acceptors (Lipinski definition) is 1. The van der Waals surface area contributed by atoms with Gasteiger partial charge in [0.05, 0.1) is 5.38 Å². The molecule has 1 atom stereocenters. The maximum Gasteiger partial charge on any atom is 0.126 e. The van der Waals surface area contributed by atoms with Crippen LogP contribution in [0.5, 0.6) is 0 Å². The minimum Gasteiger partial charge on any atom is -0.265 e. The Balaban J connectivity index is 2.17. The first kappa shape index (κ1) is 12.0. The molecule has 2 aromatic rings. The molecule has 0 aliphatic heterocycles. The highest BCUT2D eigenvalue weighted by Crippen LogP contribution is 2.26. The van der Waals surface area contributed by atoms with Crippen LogP contribution in [-0.4, -0.2) is 4.98 Å². The minimum absolute atomic E-state index is 0.445. The third-order valence-corrected chi connectivity index (χ3v) is 2.82. The summed E-state index contributed by atoms with van der Waals surface area (Å²) in [6.07, 6.45) is 3.82. The first-order valence-electron chi connectivity index (χ1n) is 5.14. The van der Waals surface area contributed by atoms with Crippen LogP contribution in [0.1, 0.15) is 16.5 Å². The summed E-state index contributed by atoms with van der Waals surface area (Å²) in [5.41, 5.74) is 1.42. The number of hydrogen-bond donors (Lipinski definition) is 0. The van der Waals surface area contributed by atoms with Crippen molar-refractivity contribution in [2.45, 2.75) is 11.8 Å². The average Bonchev–Trinajstić information content (AvgIpc) is 2.29. The van der Waals surface area contributed by atoms with Gasteiger partial charge < -0.3 is 0 Å². The highest BCUT2D eigenvalue weighted by molar-refractivity contribution is 6.20. The van der Waals surface area contributed by atoms with Crippen molar-refractivity contribution >= 4 is 11.6 Å². The van der Waals surface area contributed by atoms with Gasteiger partial charge in [-0.25, -0.2) is 8.78 Å². The molecule has 0 spiro atoms. The third kappa shape index (κ3) is 3.24. The van der Waals surface area contributed by atoms with E-state index in [0.717, 1.165) is 11.6 Å². The van der Waals surface area contributed by atoms with Gasteiger partial charge in [-0.1, -0.05) is 0 Å². The van der Waals surface area contributed by atoms with Crippen LogP contribution in [0, 0.1) is 11.6 Å². The van der Waals surface area contributed by atoms with Gasteiger partial charge in [-0.2, -0.15) is 0 Å². The topological polar surface area (TPSA) is 12.9 Å². The van der Waals surface area contributed by atoms with E-state index in [1.807, 2.05) is 12.1 Å². The zero-order valence-electron chi connectivity index (χ0n) is 8.91. The van der Waals surface area contributed by atoms with Crippen molar-refractivity contribution in [3.05, 3.63) is 65.5 Å². The van der Waals surface area contributed by atoms with Gasteiger partial charge >= 0.3 is 0 Å². The second kappa shape index (κ2) is 5.23. The highest BCUT2D eigenvalue weighted by atomic mass is 35.5. The van der Waals surface area contributed by atoms with E-state index in [9.17, 15) is 8.78 Å². The highest BCUT2D eigenvalue weighted by Gasteiger charge is 2.11. The summed E-state index contributed by atoms with van der Waals surface area (Å²) in [5.74, 6) is -1.22. The second-order valence-electron chi connectivity index (χ2n) is 3.73. The summed E-state index contributed by atoms with van der Waals surface area (Å²) >= 11 is 6.13. The lowest BCUT2D eigenvalue weighted by Gasteiger charge is -2.10. The van der Waals surface area contributed by atoms with Crippen LogP contribution in [0.25, 0.3) is 0 Å². The Morgan fingerprint density at radius 3 is 2.24 bits per heavy atom. The van der Waals surface area contributed by atoms with E-state index < -0.39 is 17.0 Å². The molecule has 0 radical (unpaired) electrons. The molecule has 17 heavy (non-hydrogen) atoms. The third-order valence-electron chi connectivity index (χ3n) is 2.41. The quantitative estimate of drug-likeness (QED) is 0.757. The predicted molar refractivity (Wildman–Crippen MR) is 62.9 cm³/mol. The van der Waals surface area contributed by atoms with Gasteiger partial charge in [0.25, 0.3) is 0 Å². The van der Waals surface area contributed by atoms with E-state index in [1.54, 1.807) is 12.4 Å². The maximum absolute atomic E-state index is 13.0. The summed E-state index contributed by atoms with van der Waals surface area (Å²) in [6.45, 7) is 0. The molecular formula is C13H10ClF2N. The lowest BCUT2D eigenvalue weighted by atomic mass is 10.0. The van der Waals surface area contributed by atoms with Crippen LogP contribution < -0.4 is 0 Å². The molecule has 0 bridgehead atoms. The molecule has 1 aromatic carbocycles. The van der Waals surface area contributed by atoms with Crippen LogP contribution in [0.3, 0.4) is 0 Å². The zero-order valence-corrected chi connectivity index (χ0v) is 9.66. The summed E-state index contributed by atoms with van der Waals surface area (Å²) in [6, 6.07) is 6.99. The number of nitrogens with zero attached hydrogens (tertiary/aromatic N) is 1. The molecule has 88 valence electrons. The number of aromatic nitrogens is 1. The number of pyridine rings is 1. The molecule has 1 unspecified atom stereocenters. The Bertz CT molecular complexity index is 482. The van der Waals surface area contributed by atoms with Crippen molar-refractivity contribution in [3.8, 4) is 0 Å². The molecular weight excluding hydrogens is 244 g/mol. The van der Waals surface area contributed by atoms with Gasteiger partial charge in [0.15, 0.2) is 0 Å². The number of alkyl halides is 1. The molecule has 1 nitrogen and oxygen atoms in total. The zero-order chi connectivity index (χ0) is 12.3. The number of benzene rings is 1. The molecule has 0 amide bonds. The Kier molecular flexibility index (Phi) is 3.69. The Labute approximate surface area is 103 Å². The molecule has 2 rings (SSSR count). The van der Waals surface area contributed by atoms with Gasteiger partial charge in [0.2, 0.25) is 0 Å². The fourth-order valence-corrected chi connectivity index (χ4v) is 1.90. The molecule has 0 N–H and O–H groups in total. The van der Waals surface area contributed by atoms with Crippen molar-refractivity contribution in [1.82, 2.24) is 4.98 Å². The number of rotatable bonds is 3. The molecule has 1 heterocycles. The van der Waals surface area contributed by atoms with Crippen LogP contribution in [0.4, 0.5) is 8.78 Å². The van der Waals surface area contributed by atoms with Gasteiger partial charge in [-0.05, 0) is 41.8 Å². The summed E-state index contributed by atoms with van der Waals surface area (Å²) in [4.78, 5) is 3.89. The van der Waals surface area contributed by atoms with Crippen molar-refractivity contribution in [2.24, 2.45) is 0 Å². The first-order chi connectivity index (χ1) is 8.15. The maximum atomic E-state index is 13.0. The van der Waals surface area contributed by atoms with Crippen molar-refractivity contribution in [1.29, 1.82) is 0 Å². The van der Waals surface area contributed by atoms with Gasteiger partial charge in [0, 0.05) is 18.5 Å². The van der Waals surface area contributed by atoms with E-state index >= 15 is 0 Å². The lowest BCUT2D eigenvalue weighted by molar-refractivity contribution is 0.579. The van der Waals surface area contributed by atoms with E-state index in [0.29, 0.717) is 12.0 Å². The molecule has 0 saturated heterocycles. The molecule has 0 aliphatic rings. The van der Waals surface area contributed by atoms with Crippen LogP contribution >= 0.6 is 11.6 Å². The Morgan fingerprint density at radius 2 is 1.65 bits per heavy atom. The second-order valence-corrected chi connectivity index (χ2v) is 4.26. The summed E-state index contributed by atoms with van der Waals surface area (Å²) in [7, 11) is 0. The minimum atomic E-state index is -0.611. The largest absolute Gasteiger partial charge is 0.265 e. The SMILES string of the molecule is Fc1cc(F)cc(C(Cl)Cc2ccncc2)c1. The van der Waals surface area contributed by atoms with Crippen LogP contribution in [-0.2, 0) is 6.42 Å². The molecule has 4 heteroatoms. The lowest BCUT2D eigenvalue weighted by Crippen LogP contribution is -1.97. The van der Waals surface area contributed by atoms with Crippen molar-refractivity contribution < 1.29 is 8.78 Å². The predicted octanol–water partition coefficient (Wildman–Crippen LogP) is 3.88. The van der Waals surface area contributed by atoms with Gasteiger partial charge in [-0.15, -0.1) is 11.6 Å². The number of halogens is 3. The smallest absolute Gasteiger partial charge is 0.126 e. The molecule has 1 aromatic heterocycles.